The Hall–Kier alpha value is -1.34. The molecule has 2 rings (SSSR count). The van der Waals surface area contributed by atoms with E-state index in [1.54, 1.807) is 0 Å². The van der Waals surface area contributed by atoms with Crippen LogP contribution < -0.4 is 10.6 Å². The van der Waals surface area contributed by atoms with Gasteiger partial charge in [0.05, 0.1) is 0 Å². The van der Waals surface area contributed by atoms with E-state index in [-0.39, 0.29) is 18.2 Å². The number of thioether (sulfide) groups is 1. The Kier molecular flexibility index (Phi) is 6.65. The number of aliphatic imine (C=N–C) groups is 1. The number of amidine groups is 1. The highest BCUT2D eigenvalue weighted by Crippen LogP contribution is 2.23. The lowest BCUT2D eigenvalue weighted by atomic mass is 10.1. The molecule has 0 radical (unpaired) electrons. The van der Waals surface area contributed by atoms with Gasteiger partial charge in [0.15, 0.2) is 5.17 Å². The summed E-state index contributed by atoms with van der Waals surface area (Å²) in [6, 6.07) is 7.32. The molecule has 0 bridgehead atoms. The van der Waals surface area contributed by atoms with Crippen LogP contribution in [0.15, 0.2) is 33.7 Å². The average Bonchev–Trinajstić information content (AvgIpc) is 2.81. The van der Waals surface area contributed by atoms with Crippen LogP contribution in [0.2, 0.25) is 0 Å². The first-order chi connectivity index (χ1) is 10.9. The number of nitrogens with one attached hydrogen (secondary N) is 2. The molecule has 2 amide bonds. The first-order valence-electron chi connectivity index (χ1n) is 7.51. The minimum Gasteiger partial charge on any atom is -0.326 e. The molecule has 23 heavy (non-hydrogen) atoms. The number of halogens is 1. The van der Waals surface area contributed by atoms with Crippen molar-refractivity contribution in [2.45, 2.75) is 31.9 Å². The number of carbonyl (C=O) groups excluding carboxylic acids is 2. The Morgan fingerprint density at radius 3 is 2.74 bits per heavy atom. The van der Waals surface area contributed by atoms with E-state index >= 15 is 0 Å². The Morgan fingerprint density at radius 2 is 2.09 bits per heavy atom. The highest BCUT2D eigenvalue weighted by atomic mass is 79.9. The fraction of sp³-hybridized carbons (Fsp3) is 0.438. The van der Waals surface area contributed by atoms with Crippen LogP contribution in [0.3, 0.4) is 0 Å². The van der Waals surface area contributed by atoms with Gasteiger partial charge in [0.25, 0.3) is 0 Å². The van der Waals surface area contributed by atoms with Crippen molar-refractivity contribution in [2.24, 2.45) is 10.9 Å². The molecule has 1 atom stereocenters. The van der Waals surface area contributed by atoms with Crippen molar-refractivity contribution in [1.29, 1.82) is 0 Å². The van der Waals surface area contributed by atoms with Gasteiger partial charge in [-0.15, -0.1) is 0 Å². The molecule has 1 aliphatic heterocycles. The number of amides is 2. The number of rotatable bonds is 6. The quantitative estimate of drug-likeness (QED) is 0.772. The minimum atomic E-state index is -0.414. The van der Waals surface area contributed by atoms with Gasteiger partial charge in [-0.2, -0.15) is 0 Å². The molecular formula is C16H20BrN3O2S. The summed E-state index contributed by atoms with van der Waals surface area (Å²) >= 11 is 4.68. The van der Waals surface area contributed by atoms with Crippen LogP contribution >= 0.6 is 27.7 Å². The average molecular weight is 398 g/mol. The molecule has 1 heterocycles. The molecule has 1 aromatic rings. The van der Waals surface area contributed by atoms with Crippen LogP contribution in [0.4, 0.5) is 5.69 Å². The van der Waals surface area contributed by atoms with Crippen molar-refractivity contribution in [1.82, 2.24) is 5.32 Å². The Balaban J connectivity index is 1.84. The van der Waals surface area contributed by atoms with E-state index < -0.39 is 5.25 Å². The zero-order valence-corrected chi connectivity index (χ0v) is 15.5. The van der Waals surface area contributed by atoms with E-state index in [1.807, 2.05) is 24.3 Å². The second kappa shape index (κ2) is 8.49. The van der Waals surface area contributed by atoms with E-state index in [9.17, 15) is 9.59 Å². The zero-order valence-electron chi connectivity index (χ0n) is 13.1. The normalized spacial score (nSPS) is 19.2. The van der Waals surface area contributed by atoms with Crippen LogP contribution in [0.25, 0.3) is 0 Å². The summed E-state index contributed by atoms with van der Waals surface area (Å²) in [6.45, 7) is 4.96. The summed E-state index contributed by atoms with van der Waals surface area (Å²) in [5, 5.41) is 5.75. The standard InChI is InChI=1S/C16H20BrN3O2S/c1-10(2)7-8-18-16-20-15(22)13(23-16)9-14(21)19-12-5-3-11(17)4-6-12/h3-6,10,13H,7-9H2,1-2H3,(H,19,21)(H,18,20,22)/t13-/m1/s1. The van der Waals surface area contributed by atoms with Gasteiger partial charge in [-0.05, 0) is 36.6 Å². The van der Waals surface area contributed by atoms with Crippen LogP contribution in [0.5, 0.6) is 0 Å². The van der Waals surface area contributed by atoms with Gasteiger partial charge in [-0.25, -0.2) is 0 Å². The minimum absolute atomic E-state index is 0.135. The Bertz CT molecular complexity index is 602. The van der Waals surface area contributed by atoms with Crippen LogP contribution in [0, 0.1) is 5.92 Å². The third-order valence-electron chi connectivity index (χ3n) is 3.24. The number of benzene rings is 1. The van der Waals surface area contributed by atoms with Gasteiger partial charge < -0.3 is 10.6 Å². The second-order valence-electron chi connectivity index (χ2n) is 5.72. The molecule has 0 spiro atoms. The van der Waals surface area contributed by atoms with Crippen molar-refractivity contribution < 1.29 is 9.59 Å². The second-order valence-corrected chi connectivity index (χ2v) is 7.83. The van der Waals surface area contributed by atoms with Crippen molar-refractivity contribution in [3.05, 3.63) is 28.7 Å². The lowest BCUT2D eigenvalue weighted by Gasteiger charge is -2.07. The fourth-order valence-electron chi connectivity index (χ4n) is 1.95. The largest absolute Gasteiger partial charge is 0.326 e. The summed E-state index contributed by atoms with van der Waals surface area (Å²) in [5.74, 6) is 0.251. The number of nitrogens with zero attached hydrogens (tertiary/aromatic N) is 1. The molecular weight excluding hydrogens is 378 g/mol. The predicted molar refractivity (Wildman–Crippen MR) is 98.7 cm³/mol. The fourth-order valence-corrected chi connectivity index (χ4v) is 3.21. The van der Waals surface area contributed by atoms with Gasteiger partial charge in [-0.1, -0.05) is 41.5 Å². The van der Waals surface area contributed by atoms with E-state index in [2.05, 4.69) is 45.4 Å². The van der Waals surface area contributed by atoms with Crippen LogP contribution in [0.1, 0.15) is 26.7 Å². The molecule has 0 saturated carbocycles. The van der Waals surface area contributed by atoms with Gasteiger partial charge >= 0.3 is 0 Å². The van der Waals surface area contributed by atoms with Crippen molar-refractivity contribution in [2.75, 3.05) is 11.9 Å². The maximum atomic E-state index is 12.1. The third kappa shape index (κ3) is 5.99. The molecule has 1 aromatic carbocycles. The number of hydrogen-bond donors (Lipinski definition) is 2. The van der Waals surface area contributed by atoms with Gasteiger partial charge in [0, 0.05) is 23.1 Å². The summed E-state index contributed by atoms with van der Waals surface area (Å²) in [4.78, 5) is 28.3. The van der Waals surface area contributed by atoms with Crippen LogP contribution in [-0.4, -0.2) is 28.8 Å². The van der Waals surface area contributed by atoms with Gasteiger partial charge in [-0.3, -0.25) is 14.6 Å². The molecule has 0 aromatic heterocycles. The highest BCUT2D eigenvalue weighted by molar-refractivity contribution is 9.10. The van der Waals surface area contributed by atoms with Crippen molar-refractivity contribution in [3.63, 3.8) is 0 Å². The summed E-state index contributed by atoms with van der Waals surface area (Å²) in [7, 11) is 0. The van der Waals surface area contributed by atoms with Gasteiger partial charge in [0.1, 0.15) is 5.25 Å². The van der Waals surface area contributed by atoms with E-state index in [0.29, 0.717) is 23.3 Å². The summed E-state index contributed by atoms with van der Waals surface area (Å²) in [5.41, 5.74) is 0.715. The maximum Gasteiger partial charge on any atom is 0.240 e. The number of anilines is 1. The van der Waals surface area contributed by atoms with E-state index in [1.165, 1.54) is 11.8 Å². The van der Waals surface area contributed by atoms with Crippen LogP contribution in [-0.2, 0) is 9.59 Å². The molecule has 0 aliphatic carbocycles. The summed E-state index contributed by atoms with van der Waals surface area (Å²) < 4.78 is 0.948. The molecule has 1 fully saturated rings. The van der Waals surface area contributed by atoms with E-state index in [0.717, 1.165) is 10.9 Å². The van der Waals surface area contributed by atoms with Crippen molar-refractivity contribution >= 4 is 50.4 Å². The van der Waals surface area contributed by atoms with Gasteiger partial charge in [0.2, 0.25) is 11.8 Å². The van der Waals surface area contributed by atoms with E-state index in [4.69, 9.17) is 0 Å². The molecule has 7 heteroatoms. The molecule has 124 valence electrons. The molecule has 0 unspecified atom stereocenters. The lowest BCUT2D eigenvalue weighted by molar-refractivity contribution is -0.122. The van der Waals surface area contributed by atoms with Crippen molar-refractivity contribution in [3.8, 4) is 0 Å². The number of carbonyl (C=O) groups is 2. The molecule has 2 N–H and O–H groups in total. The SMILES string of the molecule is CC(C)CCN=C1NC(=O)[C@@H](CC(=O)Nc2ccc(Br)cc2)S1. The Morgan fingerprint density at radius 1 is 1.39 bits per heavy atom. The number of hydrogen-bond acceptors (Lipinski definition) is 4. The molecule has 1 aliphatic rings. The summed E-state index contributed by atoms with van der Waals surface area (Å²) in [6.07, 6.45) is 1.12. The topological polar surface area (TPSA) is 70.6 Å². The smallest absolute Gasteiger partial charge is 0.240 e. The predicted octanol–water partition coefficient (Wildman–Crippen LogP) is 3.41. The lowest BCUT2D eigenvalue weighted by Crippen LogP contribution is -2.28. The third-order valence-corrected chi connectivity index (χ3v) is 4.89. The molecule has 5 nitrogen and oxygen atoms in total. The first kappa shape index (κ1) is 18.0. The maximum absolute atomic E-state index is 12.1. The monoisotopic (exact) mass is 397 g/mol. The molecule has 1 saturated heterocycles. The Labute approximate surface area is 148 Å². The highest BCUT2D eigenvalue weighted by Gasteiger charge is 2.31. The first-order valence-corrected chi connectivity index (χ1v) is 9.18. The zero-order chi connectivity index (χ0) is 16.8.